The first kappa shape index (κ1) is 17.8. The molecule has 1 aromatic rings. The van der Waals surface area contributed by atoms with Gasteiger partial charge in [-0.2, -0.15) is 0 Å². The molecule has 24 heavy (non-hydrogen) atoms. The Morgan fingerprint density at radius 3 is 2.83 bits per heavy atom. The summed E-state index contributed by atoms with van der Waals surface area (Å²) < 4.78 is 6.14. The van der Waals surface area contributed by atoms with Crippen LogP contribution in [0.1, 0.15) is 38.8 Å². The predicted octanol–water partition coefficient (Wildman–Crippen LogP) is 1.50. The molecule has 0 unspecified atom stereocenters. The van der Waals surface area contributed by atoms with Crippen molar-refractivity contribution in [1.29, 1.82) is 0 Å². The minimum absolute atomic E-state index is 0.0155. The molecule has 3 heterocycles. The third-order valence-corrected chi connectivity index (χ3v) is 6.19. The van der Waals surface area contributed by atoms with E-state index in [0.717, 1.165) is 38.2 Å². The van der Waals surface area contributed by atoms with E-state index < -0.39 is 5.60 Å². The summed E-state index contributed by atoms with van der Waals surface area (Å²) >= 11 is 1.63. The molecular formula is C17H27N3O3S. The number of amides is 1. The lowest BCUT2D eigenvalue weighted by Crippen LogP contribution is -2.63. The number of carbonyl (C=O) groups is 1. The van der Waals surface area contributed by atoms with Crippen LogP contribution in [0.3, 0.4) is 0 Å². The Morgan fingerprint density at radius 1 is 1.54 bits per heavy atom. The van der Waals surface area contributed by atoms with E-state index in [-0.39, 0.29) is 24.2 Å². The van der Waals surface area contributed by atoms with Crippen LogP contribution >= 0.6 is 11.3 Å². The summed E-state index contributed by atoms with van der Waals surface area (Å²) in [5, 5.41) is 12.7. The van der Waals surface area contributed by atoms with E-state index in [9.17, 15) is 9.90 Å². The van der Waals surface area contributed by atoms with Crippen molar-refractivity contribution in [3.05, 3.63) is 16.6 Å². The summed E-state index contributed by atoms with van der Waals surface area (Å²) in [6.07, 6.45) is 2.55. The average Bonchev–Trinajstić information content (AvgIpc) is 3.04. The van der Waals surface area contributed by atoms with Crippen LogP contribution < -0.4 is 0 Å². The summed E-state index contributed by atoms with van der Waals surface area (Å²) in [5.74, 6) is -0.0155. The third-order valence-electron chi connectivity index (χ3n) is 5.55. The molecule has 2 aliphatic heterocycles. The Hall–Kier alpha value is -1.02. The second kappa shape index (κ2) is 6.71. The molecule has 1 N–H and O–H groups in total. The first-order valence-corrected chi connectivity index (χ1v) is 9.45. The topological polar surface area (TPSA) is 65.9 Å². The van der Waals surface area contributed by atoms with Crippen LogP contribution in [0.5, 0.6) is 0 Å². The van der Waals surface area contributed by atoms with Crippen molar-refractivity contribution in [3.8, 4) is 0 Å². The maximum absolute atomic E-state index is 11.8. The molecule has 3 rings (SSSR count). The van der Waals surface area contributed by atoms with E-state index in [1.165, 1.54) is 0 Å². The smallest absolute Gasteiger partial charge is 0.219 e. The summed E-state index contributed by atoms with van der Waals surface area (Å²) in [6, 6.07) is -0.200. The van der Waals surface area contributed by atoms with Gasteiger partial charge in [-0.15, -0.1) is 11.3 Å². The molecule has 0 radical (unpaired) electrons. The van der Waals surface area contributed by atoms with Crippen molar-refractivity contribution in [3.63, 3.8) is 0 Å². The van der Waals surface area contributed by atoms with Crippen molar-refractivity contribution in [2.24, 2.45) is 0 Å². The standard InChI is InChI=1S/C17H27N3O3S/c1-13(21)19(3)15-8-17(23-11-16(15,2)22)4-6-20(7-5-17)9-14-10-24-12-18-14/h10,12,15,22H,4-9,11H2,1-3H3/t15-,16-/m0/s1. The molecule has 0 aliphatic carbocycles. The summed E-state index contributed by atoms with van der Waals surface area (Å²) in [7, 11) is 1.78. The van der Waals surface area contributed by atoms with Crippen molar-refractivity contribution in [2.45, 2.75) is 56.9 Å². The SMILES string of the molecule is CC(=O)N(C)[C@H]1CC2(CCN(Cc3cscn3)CC2)OC[C@]1(C)O. The number of likely N-dealkylation sites (N-methyl/N-ethyl adjacent to an activating group) is 1. The highest BCUT2D eigenvalue weighted by atomic mass is 32.1. The average molecular weight is 353 g/mol. The Morgan fingerprint density at radius 2 is 2.25 bits per heavy atom. The molecule has 6 nitrogen and oxygen atoms in total. The van der Waals surface area contributed by atoms with Gasteiger partial charge in [0.05, 0.1) is 29.5 Å². The minimum Gasteiger partial charge on any atom is -0.386 e. The minimum atomic E-state index is -0.997. The Labute approximate surface area is 147 Å². The van der Waals surface area contributed by atoms with Crippen molar-refractivity contribution in [2.75, 3.05) is 26.7 Å². The number of aromatic nitrogens is 1. The van der Waals surface area contributed by atoms with E-state index in [1.54, 1.807) is 37.1 Å². The van der Waals surface area contributed by atoms with E-state index in [1.807, 2.05) is 5.51 Å². The van der Waals surface area contributed by atoms with Crippen molar-refractivity contribution >= 4 is 17.2 Å². The monoisotopic (exact) mass is 353 g/mol. The van der Waals surface area contributed by atoms with Crippen LogP contribution in [0.15, 0.2) is 10.9 Å². The largest absolute Gasteiger partial charge is 0.386 e. The zero-order valence-electron chi connectivity index (χ0n) is 14.7. The van der Waals surface area contributed by atoms with Gasteiger partial charge in [0, 0.05) is 39.0 Å². The fourth-order valence-corrected chi connectivity index (χ4v) is 4.36. The fourth-order valence-electron chi connectivity index (χ4n) is 3.81. The van der Waals surface area contributed by atoms with E-state index in [4.69, 9.17) is 4.74 Å². The van der Waals surface area contributed by atoms with Crippen LogP contribution in [0.4, 0.5) is 0 Å². The molecule has 1 aromatic heterocycles. The van der Waals surface area contributed by atoms with Gasteiger partial charge >= 0.3 is 0 Å². The number of piperidine rings is 1. The number of hydrogen-bond donors (Lipinski definition) is 1. The summed E-state index contributed by atoms with van der Waals surface area (Å²) in [5.41, 5.74) is 1.77. The Bertz CT molecular complexity index is 568. The lowest BCUT2D eigenvalue weighted by Gasteiger charge is -2.52. The molecule has 2 fully saturated rings. The highest BCUT2D eigenvalue weighted by Gasteiger charge is 2.50. The first-order valence-electron chi connectivity index (χ1n) is 8.50. The molecule has 2 saturated heterocycles. The zero-order chi connectivity index (χ0) is 17.4. The third kappa shape index (κ3) is 3.64. The summed E-state index contributed by atoms with van der Waals surface area (Å²) in [6.45, 7) is 6.39. The van der Waals surface area contributed by atoms with Crippen LogP contribution in [0, 0.1) is 0 Å². The highest BCUT2D eigenvalue weighted by Crippen LogP contribution is 2.40. The molecule has 2 atom stereocenters. The van der Waals surface area contributed by atoms with Gasteiger partial charge < -0.3 is 14.7 Å². The summed E-state index contributed by atoms with van der Waals surface area (Å²) in [4.78, 5) is 20.2. The number of ether oxygens (including phenoxy) is 1. The molecule has 0 bridgehead atoms. The van der Waals surface area contributed by atoms with E-state index in [0.29, 0.717) is 6.42 Å². The number of rotatable bonds is 3. The predicted molar refractivity (Wildman–Crippen MR) is 92.8 cm³/mol. The van der Waals surface area contributed by atoms with E-state index in [2.05, 4.69) is 15.3 Å². The van der Waals surface area contributed by atoms with Crippen LogP contribution in [-0.2, 0) is 16.1 Å². The number of likely N-dealkylation sites (tertiary alicyclic amines) is 1. The number of nitrogens with zero attached hydrogens (tertiary/aromatic N) is 3. The molecule has 0 aromatic carbocycles. The lowest BCUT2D eigenvalue weighted by molar-refractivity contribution is -0.209. The van der Waals surface area contributed by atoms with Crippen LogP contribution in [0.2, 0.25) is 0 Å². The number of carbonyl (C=O) groups excluding carboxylic acids is 1. The van der Waals surface area contributed by atoms with Gasteiger partial charge in [0.25, 0.3) is 0 Å². The van der Waals surface area contributed by atoms with Gasteiger partial charge in [-0.05, 0) is 26.2 Å². The second-order valence-corrected chi connectivity index (χ2v) is 8.15. The van der Waals surface area contributed by atoms with Crippen LogP contribution in [-0.4, -0.2) is 69.8 Å². The van der Waals surface area contributed by atoms with Gasteiger partial charge in [-0.25, -0.2) is 4.98 Å². The molecule has 0 saturated carbocycles. The number of aliphatic hydroxyl groups is 1. The Balaban J connectivity index is 1.63. The number of thiazole rings is 1. The van der Waals surface area contributed by atoms with Crippen molar-refractivity contribution in [1.82, 2.24) is 14.8 Å². The quantitative estimate of drug-likeness (QED) is 0.892. The van der Waals surface area contributed by atoms with Gasteiger partial charge in [0.1, 0.15) is 5.60 Å². The molecule has 134 valence electrons. The van der Waals surface area contributed by atoms with Gasteiger partial charge in [0.2, 0.25) is 5.91 Å². The lowest BCUT2D eigenvalue weighted by atomic mass is 9.77. The molecule has 2 aliphatic rings. The van der Waals surface area contributed by atoms with Gasteiger partial charge in [-0.3, -0.25) is 9.69 Å². The van der Waals surface area contributed by atoms with E-state index >= 15 is 0 Å². The molecular weight excluding hydrogens is 326 g/mol. The van der Waals surface area contributed by atoms with Crippen molar-refractivity contribution < 1.29 is 14.6 Å². The maximum Gasteiger partial charge on any atom is 0.219 e. The second-order valence-electron chi connectivity index (χ2n) is 7.43. The molecule has 1 amide bonds. The van der Waals surface area contributed by atoms with Gasteiger partial charge in [0.15, 0.2) is 0 Å². The molecule has 1 spiro atoms. The molecule has 7 heteroatoms. The highest BCUT2D eigenvalue weighted by molar-refractivity contribution is 7.07. The Kier molecular flexibility index (Phi) is 4.97. The van der Waals surface area contributed by atoms with Crippen LogP contribution in [0.25, 0.3) is 0 Å². The zero-order valence-corrected chi connectivity index (χ0v) is 15.5. The normalized spacial score (nSPS) is 30.4. The number of hydrogen-bond acceptors (Lipinski definition) is 6. The van der Waals surface area contributed by atoms with Gasteiger partial charge in [-0.1, -0.05) is 0 Å². The fraction of sp³-hybridized carbons (Fsp3) is 0.765. The maximum atomic E-state index is 11.8. The first-order chi connectivity index (χ1) is 11.3.